The van der Waals surface area contributed by atoms with Crippen LogP contribution in [0.4, 0.5) is 4.39 Å². The molecule has 0 radical (unpaired) electrons. The Morgan fingerprint density at radius 1 is 1.10 bits per heavy atom. The van der Waals surface area contributed by atoms with Crippen LogP contribution in [0.5, 0.6) is 0 Å². The Labute approximate surface area is 123 Å². The minimum atomic E-state index is -0.842. The average molecular weight is 294 g/mol. The Morgan fingerprint density at radius 2 is 1.71 bits per heavy atom. The number of hydrogen-bond acceptors (Lipinski definition) is 3. The van der Waals surface area contributed by atoms with Crippen LogP contribution in [0.15, 0.2) is 24.3 Å². The predicted octanol–water partition coefficient (Wildman–Crippen LogP) is 0.987. The second-order valence-corrected chi connectivity index (χ2v) is 5.18. The quantitative estimate of drug-likeness (QED) is 0.879. The number of carboxylic acid groups (broad SMARTS) is 1. The molecule has 0 atom stereocenters. The van der Waals surface area contributed by atoms with Crippen LogP contribution in [0, 0.1) is 5.82 Å². The van der Waals surface area contributed by atoms with E-state index in [1.54, 1.807) is 17.0 Å². The second kappa shape index (κ2) is 7.17. The summed E-state index contributed by atoms with van der Waals surface area (Å²) in [7, 11) is 0. The number of carbonyl (C=O) groups excluding carboxylic acids is 1. The van der Waals surface area contributed by atoms with E-state index in [-0.39, 0.29) is 18.3 Å². The third-order valence-corrected chi connectivity index (χ3v) is 3.62. The molecule has 5 nitrogen and oxygen atoms in total. The van der Waals surface area contributed by atoms with Gasteiger partial charge in [0.1, 0.15) is 5.82 Å². The third-order valence-electron chi connectivity index (χ3n) is 3.62. The number of aliphatic carboxylic acids is 1. The lowest BCUT2D eigenvalue weighted by atomic mass is 10.1. The zero-order valence-electron chi connectivity index (χ0n) is 11.8. The van der Waals surface area contributed by atoms with Crippen molar-refractivity contribution in [3.05, 3.63) is 35.6 Å². The van der Waals surface area contributed by atoms with Gasteiger partial charge in [-0.2, -0.15) is 0 Å². The molecule has 0 saturated carbocycles. The van der Waals surface area contributed by atoms with Gasteiger partial charge >= 0.3 is 5.97 Å². The molecular formula is C15H19FN2O3. The Morgan fingerprint density at radius 3 is 2.29 bits per heavy atom. The maximum Gasteiger partial charge on any atom is 0.317 e. The van der Waals surface area contributed by atoms with Gasteiger partial charge in [0.25, 0.3) is 0 Å². The van der Waals surface area contributed by atoms with Crippen LogP contribution in [0.2, 0.25) is 0 Å². The van der Waals surface area contributed by atoms with Crippen LogP contribution in [-0.4, -0.2) is 59.5 Å². The first-order valence-electron chi connectivity index (χ1n) is 7.01. The van der Waals surface area contributed by atoms with Crippen LogP contribution in [-0.2, 0) is 16.0 Å². The normalized spacial score (nSPS) is 16.0. The van der Waals surface area contributed by atoms with Crippen molar-refractivity contribution in [2.24, 2.45) is 0 Å². The number of carbonyl (C=O) groups is 2. The Kier molecular flexibility index (Phi) is 5.27. The molecule has 1 saturated heterocycles. The van der Waals surface area contributed by atoms with Crippen molar-refractivity contribution in [1.82, 2.24) is 9.80 Å². The molecule has 6 heteroatoms. The van der Waals surface area contributed by atoms with Gasteiger partial charge in [-0.3, -0.25) is 14.5 Å². The van der Waals surface area contributed by atoms with Crippen LogP contribution >= 0.6 is 0 Å². The van der Waals surface area contributed by atoms with E-state index in [1.165, 1.54) is 12.1 Å². The average Bonchev–Trinajstić information content (AvgIpc) is 2.46. The number of nitrogens with zero attached hydrogens (tertiary/aromatic N) is 2. The first-order valence-corrected chi connectivity index (χ1v) is 7.01. The monoisotopic (exact) mass is 294 g/mol. The van der Waals surface area contributed by atoms with Crippen LogP contribution in [0.1, 0.15) is 12.0 Å². The van der Waals surface area contributed by atoms with Gasteiger partial charge in [-0.25, -0.2) is 4.39 Å². The van der Waals surface area contributed by atoms with E-state index >= 15 is 0 Å². The molecule has 0 aliphatic carbocycles. The van der Waals surface area contributed by atoms with E-state index in [1.807, 2.05) is 4.90 Å². The molecule has 1 aliphatic rings. The van der Waals surface area contributed by atoms with E-state index < -0.39 is 5.97 Å². The van der Waals surface area contributed by atoms with Gasteiger partial charge in [0.05, 0.1) is 6.54 Å². The summed E-state index contributed by atoms with van der Waals surface area (Å²) in [5.74, 6) is -1.06. The number of rotatable bonds is 5. The minimum absolute atomic E-state index is 0.0254. The molecule has 114 valence electrons. The molecule has 1 heterocycles. The maximum atomic E-state index is 12.8. The van der Waals surface area contributed by atoms with Crippen molar-refractivity contribution >= 4 is 11.9 Å². The number of amides is 1. The predicted molar refractivity (Wildman–Crippen MR) is 75.4 cm³/mol. The molecule has 21 heavy (non-hydrogen) atoms. The molecule has 1 fully saturated rings. The Balaban J connectivity index is 1.74. The van der Waals surface area contributed by atoms with Crippen molar-refractivity contribution in [3.8, 4) is 0 Å². The van der Waals surface area contributed by atoms with E-state index in [9.17, 15) is 14.0 Å². The smallest absolute Gasteiger partial charge is 0.317 e. The first kappa shape index (κ1) is 15.4. The lowest BCUT2D eigenvalue weighted by Gasteiger charge is -2.33. The highest BCUT2D eigenvalue weighted by molar-refractivity contribution is 5.76. The summed E-state index contributed by atoms with van der Waals surface area (Å²) in [4.78, 5) is 26.3. The first-order chi connectivity index (χ1) is 10.0. The molecule has 0 aromatic heterocycles. The highest BCUT2D eigenvalue weighted by atomic mass is 19.1. The lowest BCUT2D eigenvalue weighted by molar-refractivity contribution is -0.139. The Hall–Kier alpha value is -1.95. The summed E-state index contributed by atoms with van der Waals surface area (Å²) in [6.45, 7) is 2.34. The standard InChI is InChI=1S/C15H19FN2O3/c16-13-4-1-12(2-5-13)3-6-14(19)18-9-7-17(8-10-18)11-15(20)21/h1-2,4-5H,3,6-11H2,(H,20,21). The van der Waals surface area contributed by atoms with Crippen LogP contribution in [0.25, 0.3) is 0 Å². The van der Waals surface area contributed by atoms with Crippen LogP contribution < -0.4 is 0 Å². The number of benzene rings is 1. The fourth-order valence-corrected chi connectivity index (χ4v) is 2.41. The molecule has 1 aliphatic heterocycles. The van der Waals surface area contributed by atoms with Gasteiger partial charge in [-0.1, -0.05) is 12.1 Å². The lowest BCUT2D eigenvalue weighted by Crippen LogP contribution is -2.49. The van der Waals surface area contributed by atoms with E-state index in [0.29, 0.717) is 39.0 Å². The zero-order valence-corrected chi connectivity index (χ0v) is 11.8. The molecule has 0 spiro atoms. The minimum Gasteiger partial charge on any atom is -0.480 e. The van der Waals surface area contributed by atoms with Gasteiger partial charge in [0.2, 0.25) is 5.91 Å². The van der Waals surface area contributed by atoms with Crippen molar-refractivity contribution in [3.63, 3.8) is 0 Å². The number of aryl methyl sites for hydroxylation is 1. The zero-order chi connectivity index (χ0) is 15.2. The Bertz CT molecular complexity index is 496. The van der Waals surface area contributed by atoms with Crippen molar-refractivity contribution in [2.75, 3.05) is 32.7 Å². The summed E-state index contributed by atoms with van der Waals surface area (Å²) >= 11 is 0. The van der Waals surface area contributed by atoms with Crippen LogP contribution in [0.3, 0.4) is 0 Å². The third kappa shape index (κ3) is 4.82. The van der Waals surface area contributed by atoms with E-state index in [0.717, 1.165) is 5.56 Å². The van der Waals surface area contributed by atoms with Gasteiger partial charge in [0, 0.05) is 32.6 Å². The largest absolute Gasteiger partial charge is 0.480 e. The van der Waals surface area contributed by atoms with Crippen molar-refractivity contribution in [1.29, 1.82) is 0 Å². The topological polar surface area (TPSA) is 60.9 Å². The fourth-order valence-electron chi connectivity index (χ4n) is 2.41. The number of carboxylic acids is 1. The number of hydrogen-bond donors (Lipinski definition) is 1. The molecule has 1 N–H and O–H groups in total. The van der Waals surface area contributed by atoms with E-state index in [4.69, 9.17) is 5.11 Å². The van der Waals surface area contributed by atoms with E-state index in [2.05, 4.69) is 0 Å². The maximum absolute atomic E-state index is 12.8. The molecule has 1 aromatic rings. The molecule has 1 amide bonds. The van der Waals surface area contributed by atoms with Crippen molar-refractivity contribution < 1.29 is 19.1 Å². The van der Waals surface area contributed by atoms with Gasteiger partial charge < -0.3 is 10.0 Å². The fraction of sp³-hybridized carbons (Fsp3) is 0.467. The molecule has 2 rings (SSSR count). The van der Waals surface area contributed by atoms with Gasteiger partial charge in [0.15, 0.2) is 0 Å². The molecule has 0 unspecified atom stereocenters. The van der Waals surface area contributed by atoms with Gasteiger partial charge in [-0.05, 0) is 24.1 Å². The summed E-state index contributed by atoms with van der Waals surface area (Å²) in [5, 5.41) is 8.72. The number of halogens is 1. The highest BCUT2D eigenvalue weighted by Gasteiger charge is 2.21. The van der Waals surface area contributed by atoms with Gasteiger partial charge in [-0.15, -0.1) is 0 Å². The molecular weight excluding hydrogens is 275 g/mol. The summed E-state index contributed by atoms with van der Waals surface area (Å²) in [6.07, 6.45) is 0.985. The summed E-state index contributed by atoms with van der Waals surface area (Å²) in [6, 6.07) is 6.16. The van der Waals surface area contributed by atoms with Crippen molar-refractivity contribution in [2.45, 2.75) is 12.8 Å². The summed E-state index contributed by atoms with van der Waals surface area (Å²) < 4.78 is 12.8. The second-order valence-electron chi connectivity index (χ2n) is 5.18. The molecule has 0 bridgehead atoms. The SMILES string of the molecule is O=C(O)CN1CCN(C(=O)CCc2ccc(F)cc2)CC1. The summed E-state index contributed by atoms with van der Waals surface area (Å²) in [5.41, 5.74) is 0.939. The molecule has 1 aromatic carbocycles. The number of piperazine rings is 1. The highest BCUT2D eigenvalue weighted by Crippen LogP contribution is 2.09.